The molecule has 27 heavy (non-hydrogen) atoms. The Kier molecular flexibility index (Phi) is 7.45. The van der Waals surface area contributed by atoms with Crippen LogP contribution in [0.5, 0.6) is 5.75 Å². The van der Waals surface area contributed by atoms with Crippen molar-refractivity contribution in [2.24, 2.45) is 5.92 Å². The van der Waals surface area contributed by atoms with Gasteiger partial charge in [-0.25, -0.2) is 0 Å². The second-order valence-corrected chi connectivity index (χ2v) is 7.59. The van der Waals surface area contributed by atoms with E-state index in [4.69, 9.17) is 4.74 Å². The summed E-state index contributed by atoms with van der Waals surface area (Å²) in [6.07, 6.45) is 6.50. The van der Waals surface area contributed by atoms with Crippen LogP contribution in [0.25, 0.3) is 0 Å². The molecule has 1 heterocycles. The van der Waals surface area contributed by atoms with Gasteiger partial charge in [0.15, 0.2) is 0 Å². The molecule has 0 bridgehead atoms. The van der Waals surface area contributed by atoms with Crippen LogP contribution in [0.15, 0.2) is 36.4 Å². The van der Waals surface area contributed by atoms with Crippen molar-refractivity contribution < 1.29 is 14.3 Å². The molecule has 0 unspecified atom stereocenters. The van der Waals surface area contributed by atoms with E-state index in [0.717, 1.165) is 19.3 Å². The van der Waals surface area contributed by atoms with Crippen LogP contribution >= 0.6 is 0 Å². The Morgan fingerprint density at radius 3 is 2.52 bits per heavy atom. The first-order valence-corrected chi connectivity index (χ1v) is 9.83. The van der Waals surface area contributed by atoms with Gasteiger partial charge in [-0.3, -0.25) is 9.59 Å². The Balaban J connectivity index is 2.43. The lowest BCUT2D eigenvalue weighted by Gasteiger charge is -2.32. The number of rotatable bonds is 2. The maximum Gasteiger partial charge on any atom is 0.258 e. The summed E-state index contributed by atoms with van der Waals surface area (Å²) in [5.41, 5.74) is 0.485. The standard InChI is InChI=1S/C22H32N2O3/c1-6-17-12-8-7-11-16(4)27-19-14-10-9-13-18(19)22(26)24(5)20(15(2)3)21(25)23-17/h7-10,13-17,20H,6,11-12H2,1-5H3,(H,23,25)/b8-7-/t16-,17-,20-/m1/s1. The number of ether oxygens (including phenoxy) is 1. The number of benzene rings is 1. The third-order valence-corrected chi connectivity index (χ3v) is 4.98. The van der Waals surface area contributed by atoms with E-state index in [1.54, 1.807) is 18.0 Å². The number of carbonyl (C=O) groups excluding carboxylic acids is 2. The zero-order chi connectivity index (χ0) is 20.0. The van der Waals surface area contributed by atoms with Gasteiger partial charge in [0.2, 0.25) is 5.91 Å². The van der Waals surface area contributed by atoms with Gasteiger partial charge in [-0.15, -0.1) is 0 Å². The molecule has 0 saturated heterocycles. The molecule has 148 valence electrons. The highest BCUT2D eigenvalue weighted by Crippen LogP contribution is 2.24. The van der Waals surface area contributed by atoms with Crippen LogP contribution in [0.1, 0.15) is 57.3 Å². The number of amides is 2. The van der Waals surface area contributed by atoms with Crippen LogP contribution in [-0.4, -0.2) is 41.9 Å². The molecule has 0 spiro atoms. The molecule has 0 radical (unpaired) electrons. The third-order valence-electron chi connectivity index (χ3n) is 4.98. The molecule has 1 aliphatic rings. The molecule has 3 atom stereocenters. The van der Waals surface area contributed by atoms with E-state index in [0.29, 0.717) is 11.3 Å². The molecule has 0 aliphatic carbocycles. The summed E-state index contributed by atoms with van der Waals surface area (Å²) in [5.74, 6) is 0.241. The number of hydrogen-bond donors (Lipinski definition) is 1. The average molecular weight is 373 g/mol. The predicted octanol–water partition coefficient (Wildman–Crippen LogP) is 3.80. The second-order valence-electron chi connectivity index (χ2n) is 7.59. The van der Waals surface area contributed by atoms with Crippen molar-refractivity contribution in [3.05, 3.63) is 42.0 Å². The van der Waals surface area contributed by atoms with E-state index in [2.05, 4.69) is 24.4 Å². The van der Waals surface area contributed by atoms with Crippen LogP contribution < -0.4 is 10.1 Å². The molecule has 5 heteroatoms. The molecule has 1 aromatic carbocycles. The van der Waals surface area contributed by atoms with Crippen molar-refractivity contribution in [3.8, 4) is 5.75 Å². The van der Waals surface area contributed by atoms with Crippen LogP contribution in [0, 0.1) is 5.92 Å². The molecular weight excluding hydrogens is 340 g/mol. The number of nitrogens with one attached hydrogen (secondary N) is 1. The summed E-state index contributed by atoms with van der Waals surface area (Å²) >= 11 is 0. The molecule has 0 fully saturated rings. The van der Waals surface area contributed by atoms with E-state index >= 15 is 0 Å². The molecule has 5 nitrogen and oxygen atoms in total. The maximum atomic E-state index is 13.2. The normalized spacial score (nSPS) is 26.0. The Labute approximate surface area is 162 Å². The van der Waals surface area contributed by atoms with Crippen LogP contribution in [0.2, 0.25) is 0 Å². The number of carbonyl (C=O) groups is 2. The van der Waals surface area contributed by atoms with E-state index in [9.17, 15) is 9.59 Å². The quantitative estimate of drug-likeness (QED) is 0.804. The summed E-state index contributed by atoms with van der Waals surface area (Å²) in [7, 11) is 1.69. The topological polar surface area (TPSA) is 58.6 Å². The minimum atomic E-state index is -0.538. The first kappa shape index (κ1) is 21.0. The fourth-order valence-corrected chi connectivity index (χ4v) is 3.42. The van der Waals surface area contributed by atoms with E-state index < -0.39 is 6.04 Å². The SMILES string of the molecule is CC[C@@H]1C/C=C\C[C@@H](C)Oc2ccccc2C(=O)N(C)[C@H](C(C)C)C(=O)N1. The Hall–Kier alpha value is -2.30. The molecular formula is C22H32N2O3. The summed E-state index contributed by atoms with van der Waals surface area (Å²) < 4.78 is 6.04. The van der Waals surface area contributed by atoms with Crippen molar-refractivity contribution >= 4 is 11.8 Å². The Morgan fingerprint density at radius 1 is 1.19 bits per heavy atom. The molecule has 1 aliphatic heterocycles. The smallest absolute Gasteiger partial charge is 0.258 e. The van der Waals surface area contributed by atoms with Gasteiger partial charge in [-0.1, -0.05) is 45.1 Å². The van der Waals surface area contributed by atoms with Crippen LogP contribution in [0.3, 0.4) is 0 Å². The summed E-state index contributed by atoms with van der Waals surface area (Å²) in [6, 6.07) is 6.77. The predicted molar refractivity (Wildman–Crippen MR) is 108 cm³/mol. The molecule has 0 aromatic heterocycles. The lowest BCUT2D eigenvalue weighted by atomic mass is 9.99. The summed E-state index contributed by atoms with van der Waals surface area (Å²) in [5, 5.41) is 3.12. The number of para-hydroxylation sites is 1. The van der Waals surface area contributed by atoms with Gasteiger partial charge < -0.3 is 15.0 Å². The molecule has 2 rings (SSSR count). The Bertz CT molecular complexity index is 684. The zero-order valence-electron chi connectivity index (χ0n) is 17.1. The molecule has 2 amide bonds. The van der Waals surface area contributed by atoms with Crippen molar-refractivity contribution in [1.29, 1.82) is 0 Å². The highest BCUT2D eigenvalue weighted by Gasteiger charge is 2.32. The van der Waals surface area contributed by atoms with Gasteiger partial charge in [-0.2, -0.15) is 0 Å². The number of likely N-dealkylation sites (N-methyl/N-ethyl adjacent to an activating group) is 1. The van der Waals surface area contributed by atoms with Crippen molar-refractivity contribution in [1.82, 2.24) is 10.2 Å². The number of fused-ring (bicyclic) bond motifs is 1. The first-order valence-electron chi connectivity index (χ1n) is 9.83. The molecule has 0 saturated carbocycles. The van der Waals surface area contributed by atoms with E-state index in [1.807, 2.05) is 39.0 Å². The lowest BCUT2D eigenvalue weighted by Crippen LogP contribution is -2.52. The largest absolute Gasteiger partial charge is 0.490 e. The number of nitrogens with zero attached hydrogens (tertiary/aromatic N) is 1. The van der Waals surface area contributed by atoms with E-state index in [-0.39, 0.29) is 29.9 Å². The van der Waals surface area contributed by atoms with Gasteiger partial charge >= 0.3 is 0 Å². The highest BCUT2D eigenvalue weighted by molar-refractivity contribution is 5.99. The van der Waals surface area contributed by atoms with Gasteiger partial charge in [0.05, 0.1) is 11.7 Å². The van der Waals surface area contributed by atoms with Crippen LogP contribution in [-0.2, 0) is 4.79 Å². The first-order chi connectivity index (χ1) is 12.8. The fourth-order valence-electron chi connectivity index (χ4n) is 3.42. The van der Waals surface area contributed by atoms with Gasteiger partial charge in [0.25, 0.3) is 5.91 Å². The van der Waals surface area contributed by atoms with Gasteiger partial charge in [0, 0.05) is 19.5 Å². The maximum absolute atomic E-state index is 13.2. The fraction of sp³-hybridized carbons (Fsp3) is 0.545. The van der Waals surface area contributed by atoms with Crippen LogP contribution in [0.4, 0.5) is 0 Å². The summed E-state index contributed by atoms with van der Waals surface area (Å²) in [4.78, 5) is 27.7. The van der Waals surface area contributed by atoms with Crippen molar-refractivity contribution in [3.63, 3.8) is 0 Å². The number of hydrogen-bond acceptors (Lipinski definition) is 3. The minimum Gasteiger partial charge on any atom is -0.490 e. The zero-order valence-corrected chi connectivity index (χ0v) is 17.1. The third kappa shape index (κ3) is 5.34. The monoisotopic (exact) mass is 372 g/mol. The van der Waals surface area contributed by atoms with Gasteiger partial charge in [0.1, 0.15) is 11.8 Å². The van der Waals surface area contributed by atoms with Crippen molar-refractivity contribution in [2.75, 3.05) is 7.05 Å². The average Bonchev–Trinajstić information content (AvgIpc) is 2.63. The minimum absolute atomic E-state index is 0.00749. The molecule has 1 aromatic rings. The highest BCUT2D eigenvalue weighted by atomic mass is 16.5. The van der Waals surface area contributed by atoms with Crippen molar-refractivity contribution in [2.45, 2.75) is 65.1 Å². The Morgan fingerprint density at radius 2 is 1.85 bits per heavy atom. The summed E-state index contributed by atoms with van der Waals surface area (Å²) in [6.45, 7) is 7.98. The lowest BCUT2D eigenvalue weighted by molar-refractivity contribution is -0.127. The van der Waals surface area contributed by atoms with Gasteiger partial charge in [-0.05, 0) is 37.8 Å². The van der Waals surface area contributed by atoms with E-state index in [1.165, 1.54) is 0 Å². The molecule has 1 N–H and O–H groups in total. The second kappa shape index (κ2) is 9.58.